The summed E-state index contributed by atoms with van der Waals surface area (Å²) < 4.78 is 12.5. The van der Waals surface area contributed by atoms with E-state index >= 15 is 0 Å². The molecule has 11 rings (SSSR count). The Kier molecular flexibility index (Phi) is 5.02. The van der Waals surface area contributed by atoms with Crippen LogP contribution in [0.15, 0.2) is 142 Å². The van der Waals surface area contributed by atoms with Gasteiger partial charge in [-0.15, -0.1) is 0 Å². The highest BCUT2D eigenvalue weighted by molar-refractivity contribution is 6.16. The highest BCUT2D eigenvalue weighted by Crippen LogP contribution is 2.48. The molecule has 0 saturated carbocycles. The summed E-state index contributed by atoms with van der Waals surface area (Å²) in [6.45, 7) is 0. The first-order valence-corrected chi connectivity index (χ1v) is 15.9. The quantitative estimate of drug-likeness (QED) is 0.197. The van der Waals surface area contributed by atoms with E-state index in [1.807, 2.05) is 60.7 Å². The summed E-state index contributed by atoms with van der Waals surface area (Å²) in [6.07, 6.45) is 1.78. The van der Waals surface area contributed by atoms with Crippen LogP contribution in [0.1, 0.15) is 0 Å². The molecular weight excluding hydrogens is 592 g/mol. The number of nitrogens with zero attached hydrogens (tertiary/aromatic N) is 4. The van der Waals surface area contributed by atoms with Crippen LogP contribution in [0.4, 0.5) is 0 Å². The van der Waals surface area contributed by atoms with Crippen molar-refractivity contribution in [2.75, 3.05) is 0 Å². The first kappa shape index (κ1) is 25.5. The molecule has 0 unspecified atom stereocenters. The zero-order chi connectivity index (χ0) is 31.3. The molecule has 0 saturated heterocycles. The van der Waals surface area contributed by atoms with Crippen molar-refractivity contribution in [3.05, 3.63) is 134 Å². The van der Waals surface area contributed by atoms with E-state index in [2.05, 4.69) is 71.7 Å². The maximum atomic E-state index is 6.26. The second kappa shape index (κ2) is 9.44. The standard InChI is InChI=1S/C42H22N4O2/c1-2-15-32-28(10-1)37-29(13-5-16-33(37)47-32)41-44-40(24-19-20-25-26-11-3-8-23-9-4-12-27(36(23)26)31(25)22-24)45-42(46-41)30-14-6-17-34-38(30)39-35(48-34)18-7-21-43-39/h1-22H. The molecule has 4 aromatic heterocycles. The minimum atomic E-state index is 0.546. The lowest BCUT2D eigenvalue weighted by Gasteiger charge is -2.11. The fraction of sp³-hybridized carbons (Fsp3) is 0. The molecule has 6 heteroatoms. The number of rotatable bonds is 3. The van der Waals surface area contributed by atoms with Crippen LogP contribution in [-0.2, 0) is 0 Å². The molecule has 0 aliphatic heterocycles. The molecule has 6 nitrogen and oxygen atoms in total. The Bertz CT molecular complexity index is 2840. The molecule has 1 aliphatic carbocycles. The van der Waals surface area contributed by atoms with E-state index in [4.69, 9.17) is 23.8 Å². The Morgan fingerprint density at radius 1 is 0.396 bits per heavy atom. The van der Waals surface area contributed by atoms with E-state index in [0.29, 0.717) is 17.5 Å². The van der Waals surface area contributed by atoms with Crippen LogP contribution < -0.4 is 0 Å². The van der Waals surface area contributed by atoms with Crippen LogP contribution >= 0.6 is 0 Å². The monoisotopic (exact) mass is 614 g/mol. The number of pyridine rings is 1. The van der Waals surface area contributed by atoms with Crippen molar-refractivity contribution in [3.8, 4) is 56.4 Å². The maximum Gasteiger partial charge on any atom is 0.164 e. The zero-order valence-electron chi connectivity index (χ0n) is 25.3. The van der Waals surface area contributed by atoms with E-state index in [1.54, 1.807) is 6.20 Å². The maximum absolute atomic E-state index is 6.26. The van der Waals surface area contributed by atoms with E-state index in [1.165, 1.54) is 33.0 Å². The van der Waals surface area contributed by atoms with Gasteiger partial charge < -0.3 is 8.83 Å². The summed E-state index contributed by atoms with van der Waals surface area (Å²) in [5, 5.41) is 5.39. The van der Waals surface area contributed by atoms with Gasteiger partial charge >= 0.3 is 0 Å². The van der Waals surface area contributed by atoms with Crippen molar-refractivity contribution >= 4 is 54.8 Å². The number of hydrogen-bond acceptors (Lipinski definition) is 6. The molecule has 0 amide bonds. The Hall–Kier alpha value is -6.66. The lowest BCUT2D eigenvalue weighted by atomic mass is 10.0. The number of hydrogen-bond donors (Lipinski definition) is 0. The number of furan rings is 2. The summed E-state index contributed by atoms with van der Waals surface area (Å²) in [7, 11) is 0. The third-order valence-corrected chi connectivity index (χ3v) is 9.54. The van der Waals surface area contributed by atoms with Crippen LogP contribution in [0, 0.1) is 0 Å². The van der Waals surface area contributed by atoms with Crippen molar-refractivity contribution in [1.29, 1.82) is 0 Å². The molecule has 4 heterocycles. The largest absolute Gasteiger partial charge is 0.456 e. The van der Waals surface area contributed by atoms with E-state index in [-0.39, 0.29) is 0 Å². The Morgan fingerprint density at radius 3 is 1.85 bits per heavy atom. The normalized spacial score (nSPS) is 12.2. The van der Waals surface area contributed by atoms with Crippen LogP contribution in [0.3, 0.4) is 0 Å². The van der Waals surface area contributed by atoms with Gasteiger partial charge in [0.1, 0.15) is 22.3 Å². The van der Waals surface area contributed by atoms with Gasteiger partial charge in [-0.3, -0.25) is 4.98 Å². The number of para-hydroxylation sites is 1. The average Bonchev–Trinajstić information content (AvgIpc) is 3.82. The minimum Gasteiger partial charge on any atom is -0.456 e. The van der Waals surface area contributed by atoms with Gasteiger partial charge in [-0.1, -0.05) is 91.0 Å². The fourth-order valence-electron chi connectivity index (χ4n) is 7.46. The molecule has 222 valence electrons. The molecule has 10 aromatic rings. The highest BCUT2D eigenvalue weighted by atomic mass is 16.3. The van der Waals surface area contributed by atoms with Crippen molar-refractivity contribution in [1.82, 2.24) is 19.9 Å². The minimum absolute atomic E-state index is 0.546. The molecule has 0 spiro atoms. The molecule has 6 aromatic carbocycles. The first-order chi connectivity index (χ1) is 23.8. The van der Waals surface area contributed by atoms with E-state index in [9.17, 15) is 0 Å². The van der Waals surface area contributed by atoms with Crippen molar-refractivity contribution in [2.45, 2.75) is 0 Å². The van der Waals surface area contributed by atoms with E-state index < -0.39 is 0 Å². The fourth-order valence-corrected chi connectivity index (χ4v) is 7.46. The third-order valence-electron chi connectivity index (χ3n) is 9.54. The second-order valence-electron chi connectivity index (χ2n) is 12.2. The molecule has 48 heavy (non-hydrogen) atoms. The van der Waals surface area contributed by atoms with Crippen LogP contribution in [0.2, 0.25) is 0 Å². The lowest BCUT2D eigenvalue weighted by molar-refractivity contribution is 0.668. The number of benzene rings is 6. The predicted molar refractivity (Wildman–Crippen MR) is 190 cm³/mol. The molecule has 0 fully saturated rings. The van der Waals surface area contributed by atoms with Crippen molar-refractivity contribution in [3.63, 3.8) is 0 Å². The Morgan fingerprint density at radius 2 is 1.02 bits per heavy atom. The van der Waals surface area contributed by atoms with Gasteiger partial charge in [0, 0.05) is 33.7 Å². The van der Waals surface area contributed by atoms with E-state index in [0.717, 1.165) is 60.7 Å². The van der Waals surface area contributed by atoms with Gasteiger partial charge in [0.05, 0.1) is 5.39 Å². The lowest BCUT2D eigenvalue weighted by Crippen LogP contribution is -2.01. The van der Waals surface area contributed by atoms with Gasteiger partial charge in [-0.2, -0.15) is 0 Å². The summed E-state index contributed by atoms with van der Waals surface area (Å²) in [5.41, 5.74) is 11.3. The topological polar surface area (TPSA) is 77.8 Å². The molecule has 0 N–H and O–H groups in total. The summed E-state index contributed by atoms with van der Waals surface area (Å²) >= 11 is 0. The predicted octanol–water partition coefficient (Wildman–Crippen LogP) is 10.9. The molecule has 0 radical (unpaired) electrons. The molecule has 0 atom stereocenters. The van der Waals surface area contributed by atoms with Crippen molar-refractivity contribution in [2.24, 2.45) is 0 Å². The average molecular weight is 615 g/mol. The molecule has 0 bridgehead atoms. The number of fused-ring (bicyclic) bond motifs is 9. The smallest absolute Gasteiger partial charge is 0.164 e. The van der Waals surface area contributed by atoms with Crippen LogP contribution in [0.5, 0.6) is 0 Å². The summed E-state index contributed by atoms with van der Waals surface area (Å²) in [4.78, 5) is 20.2. The van der Waals surface area contributed by atoms with Crippen LogP contribution in [0.25, 0.3) is 111 Å². The van der Waals surface area contributed by atoms with Gasteiger partial charge in [-0.25, -0.2) is 15.0 Å². The first-order valence-electron chi connectivity index (χ1n) is 15.9. The van der Waals surface area contributed by atoms with Crippen LogP contribution in [-0.4, -0.2) is 19.9 Å². The number of aromatic nitrogens is 4. The third kappa shape index (κ3) is 3.51. The Labute approximate surface area is 273 Å². The van der Waals surface area contributed by atoms with Gasteiger partial charge in [0.15, 0.2) is 23.1 Å². The Balaban J connectivity index is 1.20. The van der Waals surface area contributed by atoms with Gasteiger partial charge in [-0.05, 0) is 69.4 Å². The highest BCUT2D eigenvalue weighted by Gasteiger charge is 2.24. The molecular formula is C42H22N4O2. The summed E-state index contributed by atoms with van der Waals surface area (Å²) in [6, 6.07) is 43.5. The van der Waals surface area contributed by atoms with Gasteiger partial charge in [0.2, 0.25) is 0 Å². The van der Waals surface area contributed by atoms with Crippen molar-refractivity contribution < 1.29 is 8.83 Å². The second-order valence-corrected chi connectivity index (χ2v) is 12.2. The SMILES string of the molecule is c1cc2c3c(cccc3c1)-c1cc(-c3nc(-c4cccc5oc6ccccc6c45)nc(-c4cccc5oc6cccnc6c45)n3)ccc1-2. The van der Waals surface area contributed by atoms with Gasteiger partial charge in [0.25, 0.3) is 0 Å². The zero-order valence-corrected chi connectivity index (χ0v) is 25.3. The summed E-state index contributed by atoms with van der Waals surface area (Å²) in [5.74, 6) is 1.70. The molecule has 1 aliphatic rings.